The van der Waals surface area contributed by atoms with Gasteiger partial charge in [-0.1, -0.05) is 13.5 Å². The summed E-state index contributed by atoms with van der Waals surface area (Å²) in [4.78, 5) is 11.7. The number of fused-ring (bicyclic) bond motifs is 1. The zero-order chi connectivity index (χ0) is 19.6. The molecular weight excluding hydrogens is 359 g/mol. The molecule has 0 aliphatic carbocycles. The summed E-state index contributed by atoms with van der Waals surface area (Å²) >= 11 is 0. The van der Waals surface area contributed by atoms with Crippen LogP contribution in [0.3, 0.4) is 0 Å². The van der Waals surface area contributed by atoms with Crippen molar-refractivity contribution in [1.29, 1.82) is 0 Å². The maximum atomic E-state index is 12.6. The van der Waals surface area contributed by atoms with Crippen molar-refractivity contribution in [2.45, 2.75) is 19.1 Å². The number of halogens is 3. The van der Waals surface area contributed by atoms with Crippen LogP contribution in [-0.2, 0) is 11.0 Å². The van der Waals surface area contributed by atoms with Gasteiger partial charge in [-0.15, -0.1) is 0 Å². The summed E-state index contributed by atoms with van der Waals surface area (Å²) < 4.78 is 49.2. The highest BCUT2D eigenvalue weighted by Crippen LogP contribution is 2.39. The molecule has 0 unspecified atom stereocenters. The fourth-order valence-electron chi connectivity index (χ4n) is 2.86. The van der Waals surface area contributed by atoms with E-state index in [1.807, 2.05) is 6.92 Å². The van der Waals surface area contributed by atoms with E-state index in [1.54, 1.807) is 18.2 Å². The first-order valence-corrected chi connectivity index (χ1v) is 8.32. The number of hydrogen-bond acceptors (Lipinski definition) is 3. The molecule has 2 aromatic carbocycles. The lowest BCUT2D eigenvalue weighted by atomic mass is 9.92. The third kappa shape index (κ3) is 4.24. The Hall–Kier alpha value is -2.96. The van der Waals surface area contributed by atoms with Crippen molar-refractivity contribution in [3.05, 3.63) is 66.2 Å². The van der Waals surface area contributed by atoms with Crippen LogP contribution in [0.5, 0.6) is 17.2 Å². The molecule has 1 aliphatic rings. The topological polar surface area (TPSA) is 47.6 Å². The molecule has 27 heavy (non-hydrogen) atoms. The minimum absolute atomic E-state index is 0.0723. The Morgan fingerprint density at radius 2 is 1.89 bits per heavy atom. The Balaban J connectivity index is 1.79. The second-order valence-electron chi connectivity index (χ2n) is 6.30. The van der Waals surface area contributed by atoms with Crippen molar-refractivity contribution in [1.82, 2.24) is 5.32 Å². The Labute approximate surface area is 154 Å². The van der Waals surface area contributed by atoms with Crippen molar-refractivity contribution in [2.24, 2.45) is 5.92 Å². The van der Waals surface area contributed by atoms with Crippen LogP contribution in [0.15, 0.2) is 55.1 Å². The van der Waals surface area contributed by atoms with Gasteiger partial charge in [-0.05, 0) is 42.5 Å². The van der Waals surface area contributed by atoms with Gasteiger partial charge in [0.05, 0.1) is 18.2 Å². The first kappa shape index (κ1) is 18.8. The number of rotatable bonds is 4. The largest absolute Gasteiger partial charge is 0.493 e. The highest BCUT2D eigenvalue weighted by atomic mass is 19.4. The van der Waals surface area contributed by atoms with E-state index in [2.05, 4.69) is 11.9 Å². The Kier molecular flexibility index (Phi) is 5.12. The quantitative estimate of drug-likeness (QED) is 0.774. The molecule has 142 valence electrons. The molecule has 1 amide bonds. The predicted octanol–water partition coefficient (Wildman–Crippen LogP) is 4.87. The second kappa shape index (κ2) is 7.34. The first-order chi connectivity index (χ1) is 12.8. The van der Waals surface area contributed by atoms with Gasteiger partial charge < -0.3 is 14.8 Å². The number of benzene rings is 2. The number of ether oxygens (including phenoxy) is 2. The van der Waals surface area contributed by atoms with Gasteiger partial charge in [0, 0.05) is 17.5 Å². The van der Waals surface area contributed by atoms with Gasteiger partial charge in [-0.25, -0.2) is 0 Å². The maximum Gasteiger partial charge on any atom is 0.416 e. The standard InChI is InChI=1S/C20H18F3NO3/c1-3-18(25)24-19-12(2)11-26-17-10-15(8-9-16(17)19)27-14-6-4-13(5-7-14)20(21,22)23/h3-10,12,19H,1,11H2,2H3,(H,24,25)/t12-,19-/m0/s1. The fourth-order valence-corrected chi connectivity index (χ4v) is 2.86. The Bertz CT molecular complexity index is 847. The number of alkyl halides is 3. The van der Waals surface area contributed by atoms with E-state index in [0.29, 0.717) is 18.1 Å². The molecule has 0 saturated carbocycles. The molecule has 0 fully saturated rings. The van der Waals surface area contributed by atoms with E-state index in [-0.39, 0.29) is 23.6 Å². The Morgan fingerprint density at radius 3 is 2.52 bits per heavy atom. The lowest BCUT2D eigenvalue weighted by Gasteiger charge is -2.32. The van der Waals surface area contributed by atoms with Crippen molar-refractivity contribution in [2.75, 3.05) is 6.61 Å². The summed E-state index contributed by atoms with van der Waals surface area (Å²) in [6.45, 7) is 5.83. The molecule has 0 saturated heterocycles. The van der Waals surface area contributed by atoms with E-state index >= 15 is 0 Å². The number of amides is 1. The summed E-state index contributed by atoms with van der Waals surface area (Å²) in [6.07, 6.45) is -3.18. The highest BCUT2D eigenvalue weighted by Gasteiger charge is 2.30. The molecule has 0 bridgehead atoms. The van der Waals surface area contributed by atoms with E-state index in [1.165, 1.54) is 18.2 Å². The summed E-state index contributed by atoms with van der Waals surface area (Å²) in [5.41, 5.74) is 0.0714. The average Bonchev–Trinajstić information content (AvgIpc) is 2.63. The molecule has 1 N–H and O–H groups in total. The number of carbonyl (C=O) groups excluding carboxylic acids is 1. The van der Waals surface area contributed by atoms with Gasteiger partial charge in [0.15, 0.2) is 0 Å². The van der Waals surface area contributed by atoms with Gasteiger partial charge in [-0.3, -0.25) is 4.79 Å². The smallest absolute Gasteiger partial charge is 0.416 e. The van der Waals surface area contributed by atoms with Crippen LogP contribution in [-0.4, -0.2) is 12.5 Å². The normalized spacial score (nSPS) is 18.8. The minimum atomic E-state index is -4.39. The fraction of sp³-hybridized carbons (Fsp3) is 0.250. The van der Waals surface area contributed by atoms with Gasteiger partial charge in [-0.2, -0.15) is 13.2 Å². The number of nitrogens with one attached hydrogen (secondary N) is 1. The zero-order valence-corrected chi connectivity index (χ0v) is 14.5. The van der Waals surface area contributed by atoms with Gasteiger partial charge in [0.2, 0.25) is 5.91 Å². The molecule has 1 heterocycles. The molecule has 4 nitrogen and oxygen atoms in total. The summed E-state index contributed by atoms with van der Waals surface area (Å²) in [5, 5.41) is 2.88. The Morgan fingerprint density at radius 1 is 1.22 bits per heavy atom. The summed E-state index contributed by atoms with van der Waals surface area (Å²) in [7, 11) is 0. The number of carbonyl (C=O) groups is 1. The lowest BCUT2D eigenvalue weighted by molar-refractivity contribution is -0.137. The van der Waals surface area contributed by atoms with Crippen LogP contribution in [0.4, 0.5) is 13.2 Å². The van der Waals surface area contributed by atoms with Crippen LogP contribution in [0.1, 0.15) is 24.1 Å². The van der Waals surface area contributed by atoms with Crippen molar-refractivity contribution >= 4 is 5.91 Å². The summed E-state index contributed by atoms with van der Waals surface area (Å²) in [5.74, 6) is 1.07. The van der Waals surface area contributed by atoms with E-state index in [9.17, 15) is 18.0 Å². The van der Waals surface area contributed by atoms with Crippen LogP contribution in [0.25, 0.3) is 0 Å². The molecule has 2 aromatic rings. The van der Waals surface area contributed by atoms with Gasteiger partial charge in [0.25, 0.3) is 0 Å². The first-order valence-electron chi connectivity index (χ1n) is 8.32. The second-order valence-corrected chi connectivity index (χ2v) is 6.30. The van der Waals surface area contributed by atoms with Crippen molar-refractivity contribution in [3.63, 3.8) is 0 Å². The van der Waals surface area contributed by atoms with Gasteiger partial charge in [0.1, 0.15) is 17.2 Å². The molecular formula is C20H18F3NO3. The van der Waals surface area contributed by atoms with Crippen LogP contribution < -0.4 is 14.8 Å². The third-order valence-corrected chi connectivity index (χ3v) is 4.29. The van der Waals surface area contributed by atoms with Crippen LogP contribution in [0.2, 0.25) is 0 Å². The maximum absolute atomic E-state index is 12.6. The average molecular weight is 377 g/mol. The van der Waals surface area contributed by atoms with E-state index in [0.717, 1.165) is 17.7 Å². The van der Waals surface area contributed by atoms with Crippen molar-refractivity contribution in [3.8, 4) is 17.2 Å². The molecule has 7 heteroatoms. The van der Waals surface area contributed by atoms with Crippen molar-refractivity contribution < 1.29 is 27.4 Å². The molecule has 3 rings (SSSR count). The molecule has 1 aliphatic heterocycles. The monoisotopic (exact) mass is 377 g/mol. The van der Waals surface area contributed by atoms with Crippen LogP contribution >= 0.6 is 0 Å². The van der Waals surface area contributed by atoms with E-state index in [4.69, 9.17) is 9.47 Å². The highest BCUT2D eigenvalue weighted by molar-refractivity contribution is 5.87. The lowest BCUT2D eigenvalue weighted by Crippen LogP contribution is -2.36. The molecule has 0 aromatic heterocycles. The molecule has 0 radical (unpaired) electrons. The van der Waals surface area contributed by atoms with Crippen LogP contribution in [0, 0.1) is 5.92 Å². The predicted molar refractivity (Wildman–Crippen MR) is 93.7 cm³/mol. The number of hydrogen-bond donors (Lipinski definition) is 1. The third-order valence-electron chi connectivity index (χ3n) is 4.29. The zero-order valence-electron chi connectivity index (χ0n) is 14.5. The van der Waals surface area contributed by atoms with E-state index < -0.39 is 11.7 Å². The SMILES string of the molecule is C=CC(=O)N[C@@H]1c2ccc(Oc3ccc(C(F)(F)F)cc3)cc2OC[C@@H]1C. The molecule has 2 atom stereocenters. The van der Waals surface area contributed by atoms with Gasteiger partial charge >= 0.3 is 6.18 Å². The summed E-state index contributed by atoms with van der Waals surface area (Å²) in [6, 6.07) is 9.35. The molecule has 0 spiro atoms. The minimum Gasteiger partial charge on any atom is -0.493 e.